The molecule has 0 aromatic heterocycles. The first-order chi connectivity index (χ1) is 9.70. The van der Waals surface area contributed by atoms with E-state index in [1.165, 1.54) is 24.8 Å². The summed E-state index contributed by atoms with van der Waals surface area (Å²) < 4.78 is 5.06. The Kier molecular flexibility index (Phi) is 13.9. The van der Waals surface area contributed by atoms with E-state index in [0.717, 1.165) is 19.3 Å². The molecule has 118 valence electrons. The lowest BCUT2D eigenvalue weighted by Crippen LogP contribution is -2.27. The van der Waals surface area contributed by atoms with Gasteiger partial charge in [0.05, 0.1) is 19.8 Å². The van der Waals surface area contributed by atoms with E-state index in [1.54, 1.807) is 0 Å². The van der Waals surface area contributed by atoms with Crippen LogP contribution in [0.2, 0.25) is 0 Å². The third-order valence-electron chi connectivity index (χ3n) is 3.08. The number of ether oxygens (including phenoxy) is 1. The molecule has 0 aromatic carbocycles. The Hall–Kier alpha value is -0.870. The lowest BCUT2D eigenvalue weighted by atomic mass is 10.1. The highest BCUT2D eigenvalue weighted by atomic mass is 16.5. The molecule has 20 heavy (non-hydrogen) atoms. The normalized spacial score (nSPS) is 11.7. The summed E-state index contributed by atoms with van der Waals surface area (Å²) in [4.78, 5) is 11.5. The minimum absolute atomic E-state index is 0.0286. The van der Waals surface area contributed by atoms with Gasteiger partial charge in [0.25, 0.3) is 0 Å². The highest BCUT2D eigenvalue weighted by Crippen LogP contribution is 2.11. The summed E-state index contributed by atoms with van der Waals surface area (Å²) in [5.41, 5.74) is 1.48. The lowest BCUT2D eigenvalue weighted by Gasteiger charge is -2.06. The molecule has 0 fully saturated rings. The van der Waals surface area contributed by atoms with Crippen molar-refractivity contribution < 1.29 is 14.6 Å². The lowest BCUT2D eigenvalue weighted by molar-refractivity contribution is -0.121. The van der Waals surface area contributed by atoms with E-state index in [1.807, 2.05) is 0 Å². The fourth-order valence-electron chi connectivity index (χ4n) is 2.01. The van der Waals surface area contributed by atoms with Crippen LogP contribution in [0.5, 0.6) is 0 Å². The quantitative estimate of drug-likeness (QED) is 0.404. The van der Waals surface area contributed by atoms with Crippen molar-refractivity contribution in [2.75, 3.05) is 26.4 Å². The van der Waals surface area contributed by atoms with Crippen LogP contribution in [0, 0.1) is 0 Å². The molecule has 4 heteroatoms. The van der Waals surface area contributed by atoms with Crippen LogP contribution in [0.25, 0.3) is 0 Å². The second-order valence-electron chi connectivity index (χ2n) is 5.06. The van der Waals surface area contributed by atoms with Crippen molar-refractivity contribution in [1.82, 2.24) is 5.32 Å². The molecule has 0 aromatic rings. The van der Waals surface area contributed by atoms with Gasteiger partial charge >= 0.3 is 0 Å². The molecular weight excluding hydrogens is 254 g/mol. The molecule has 2 N–H and O–H groups in total. The summed E-state index contributed by atoms with van der Waals surface area (Å²) in [6, 6.07) is 0. The Labute approximate surface area is 123 Å². The number of rotatable bonds is 13. The van der Waals surface area contributed by atoms with Crippen molar-refractivity contribution in [2.24, 2.45) is 0 Å². The van der Waals surface area contributed by atoms with E-state index in [9.17, 15) is 4.79 Å². The van der Waals surface area contributed by atoms with Crippen molar-refractivity contribution in [2.45, 2.75) is 58.8 Å². The first-order valence-corrected chi connectivity index (χ1v) is 7.81. The summed E-state index contributed by atoms with van der Waals surface area (Å²) in [6.45, 7) is 5.71. The smallest absolute Gasteiger partial charge is 0.220 e. The van der Waals surface area contributed by atoms with Crippen molar-refractivity contribution >= 4 is 5.91 Å². The predicted molar refractivity (Wildman–Crippen MR) is 82.7 cm³/mol. The number of aliphatic hydroxyl groups excluding tert-OH is 1. The van der Waals surface area contributed by atoms with E-state index in [4.69, 9.17) is 9.84 Å². The molecule has 4 nitrogen and oxygen atoms in total. The number of unbranched alkanes of at least 4 members (excludes halogenated alkanes) is 3. The van der Waals surface area contributed by atoms with Crippen molar-refractivity contribution in [3.63, 3.8) is 0 Å². The van der Waals surface area contributed by atoms with Gasteiger partial charge in [-0.1, -0.05) is 31.4 Å². The maximum absolute atomic E-state index is 11.5. The van der Waals surface area contributed by atoms with Gasteiger partial charge in [-0.15, -0.1) is 0 Å². The van der Waals surface area contributed by atoms with Crippen LogP contribution >= 0.6 is 0 Å². The zero-order valence-electron chi connectivity index (χ0n) is 13.1. The molecule has 0 aliphatic heterocycles. The van der Waals surface area contributed by atoms with E-state index in [2.05, 4.69) is 25.2 Å². The minimum Gasteiger partial charge on any atom is -0.394 e. The Bertz CT molecular complexity index is 264. The largest absolute Gasteiger partial charge is 0.394 e. The van der Waals surface area contributed by atoms with Crippen molar-refractivity contribution in [3.8, 4) is 0 Å². The van der Waals surface area contributed by atoms with Gasteiger partial charge < -0.3 is 15.2 Å². The summed E-state index contributed by atoms with van der Waals surface area (Å²) in [5.74, 6) is 0.0969. The van der Waals surface area contributed by atoms with Gasteiger partial charge in [-0.2, -0.15) is 0 Å². The van der Waals surface area contributed by atoms with E-state index < -0.39 is 0 Å². The van der Waals surface area contributed by atoms with Gasteiger partial charge in [0.15, 0.2) is 0 Å². The number of hydrogen-bond donors (Lipinski definition) is 2. The summed E-state index contributed by atoms with van der Waals surface area (Å²) in [6.07, 6.45) is 9.68. The highest BCUT2D eigenvalue weighted by molar-refractivity contribution is 5.75. The van der Waals surface area contributed by atoms with Gasteiger partial charge in [0, 0.05) is 13.0 Å². The number of amides is 1. The molecule has 0 aliphatic rings. The summed E-state index contributed by atoms with van der Waals surface area (Å²) >= 11 is 0. The summed E-state index contributed by atoms with van der Waals surface area (Å²) in [5, 5.41) is 11.3. The summed E-state index contributed by atoms with van der Waals surface area (Å²) in [7, 11) is 0. The monoisotopic (exact) mass is 285 g/mol. The SMILES string of the molecule is CC/C=C(\C)CCCCCCC(=O)NCCOCCO. The Morgan fingerprint density at radius 3 is 2.50 bits per heavy atom. The Morgan fingerprint density at radius 2 is 1.85 bits per heavy atom. The molecule has 0 radical (unpaired) electrons. The standard InChI is InChI=1S/C16H31NO3/c1-3-8-15(2)9-6-4-5-7-10-16(19)17-11-13-20-14-12-18/h8,18H,3-7,9-14H2,1-2H3,(H,17,19)/b15-8+. The first kappa shape index (κ1) is 19.1. The Morgan fingerprint density at radius 1 is 1.15 bits per heavy atom. The first-order valence-electron chi connectivity index (χ1n) is 7.81. The van der Waals surface area contributed by atoms with Crippen molar-refractivity contribution in [1.29, 1.82) is 0 Å². The minimum atomic E-state index is 0.0286. The molecule has 0 heterocycles. The van der Waals surface area contributed by atoms with Crippen LogP contribution in [-0.4, -0.2) is 37.4 Å². The van der Waals surface area contributed by atoms with Gasteiger partial charge in [-0.25, -0.2) is 0 Å². The molecule has 0 atom stereocenters. The molecular formula is C16H31NO3. The number of nitrogens with one attached hydrogen (secondary N) is 1. The second kappa shape index (κ2) is 14.5. The van der Waals surface area contributed by atoms with Crippen LogP contribution in [0.1, 0.15) is 58.8 Å². The van der Waals surface area contributed by atoms with Crippen LogP contribution in [0.3, 0.4) is 0 Å². The Balaban J connectivity index is 3.29. The van der Waals surface area contributed by atoms with Gasteiger partial charge in [-0.3, -0.25) is 4.79 Å². The molecule has 0 saturated heterocycles. The maximum atomic E-state index is 11.5. The molecule has 1 amide bonds. The fourth-order valence-corrected chi connectivity index (χ4v) is 2.01. The van der Waals surface area contributed by atoms with Crippen LogP contribution in [-0.2, 0) is 9.53 Å². The third kappa shape index (κ3) is 13.6. The van der Waals surface area contributed by atoms with Crippen LogP contribution in [0.4, 0.5) is 0 Å². The number of aliphatic hydroxyl groups is 1. The zero-order chi connectivity index (χ0) is 15.1. The fraction of sp³-hybridized carbons (Fsp3) is 0.812. The predicted octanol–water partition coefficient (Wildman–Crippen LogP) is 2.81. The molecule has 0 rings (SSSR count). The average molecular weight is 285 g/mol. The number of allylic oxidation sites excluding steroid dienone is 2. The zero-order valence-corrected chi connectivity index (χ0v) is 13.1. The van der Waals surface area contributed by atoms with Crippen LogP contribution < -0.4 is 5.32 Å². The second-order valence-corrected chi connectivity index (χ2v) is 5.06. The van der Waals surface area contributed by atoms with E-state index in [-0.39, 0.29) is 12.5 Å². The third-order valence-corrected chi connectivity index (χ3v) is 3.08. The van der Waals surface area contributed by atoms with Crippen LogP contribution in [0.15, 0.2) is 11.6 Å². The molecule has 0 unspecified atom stereocenters. The maximum Gasteiger partial charge on any atom is 0.220 e. The van der Waals surface area contributed by atoms with Gasteiger partial charge in [0.1, 0.15) is 0 Å². The molecule has 0 saturated carbocycles. The van der Waals surface area contributed by atoms with Gasteiger partial charge in [0.2, 0.25) is 5.91 Å². The number of hydrogen-bond acceptors (Lipinski definition) is 3. The average Bonchev–Trinajstić information content (AvgIpc) is 2.42. The van der Waals surface area contributed by atoms with Gasteiger partial charge in [-0.05, 0) is 32.6 Å². The van der Waals surface area contributed by atoms with Crippen molar-refractivity contribution in [3.05, 3.63) is 11.6 Å². The topological polar surface area (TPSA) is 58.6 Å². The van der Waals surface area contributed by atoms with E-state index in [0.29, 0.717) is 26.2 Å². The highest BCUT2D eigenvalue weighted by Gasteiger charge is 2.00. The van der Waals surface area contributed by atoms with E-state index >= 15 is 0 Å². The molecule has 0 aliphatic carbocycles. The molecule has 0 bridgehead atoms. The molecule has 0 spiro atoms. The number of carbonyl (C=O) groups is 1. The number of carbonyl (C=O) groups excluding carboxylic acids is 1.